The zero-order valence-corrected chi connectivity index (χ0v) is 10.3. The number of alkyl halides is 1. The normalized spacial score (nSPS) is 20.1. The van der Waals surface area contributed by atoms with Crippen LogP contribution in [0.3, 0.4) is 0 Å². The number of rotatable bonds is 2. The van der Waals surface area contributed by atoms with Gasteiger partial charge in [-0.15, -0.1) is 11.6 Å². The second-order valence-electron chi connectivity index (χ2n) is 4.36. The van der Waals surface area contributed by atoms with Crippen molar-refractivity contribution in [1.82, 2.24) is 9.97 Å². The molecule has 0 N–H and O–H groups in total. The molecule has 1 saturated heterocycles. The molecule has 17 heavy (non-hydrogen) atoms. The lowest BCUT2D eigenvalue weighted by Crippen LogP contribution is -2.31. The van der Waals surface area contributed by atoms with Crippen molar-refractivity contribution in [1.29, 1.82) is 0 Å². The summed E-state index contributed by atoms with van der Waals surface area (Å²) in [7, 11) is 0. The van der Waals surface area contributed by atoms with Crippen LogP contribution < -0.4 is 4.90 Å². The molecule has 88 valence electrons. The predicted molar refractivity (Wildman–Crippen MR) is 70.6 cm³/mol. The highest BCUT2D eigenvalue weighted by atomic mass is 35.5. The summed E-state index contributed by atoms with van der Waals surface area (Å²) in [6.07, 6.45) is 3.98. The van der Waals surface area contributed by atoms with E-state index in [4.69, 9.17) is 11.6 Å². The van der Waals surface area contributed by atoms with Gasteiger partial charge in [-0.05, 0) is 25.0 Å². The minimum atomic E-state index is 0.412. The molecule has 3 nitrogen and oxygen atoms in total. The van der Waals surface area contributed by atoms with E-state index in [0.717, 1.165) is 29.7 Å². The van der Waals surface area contributed by atoms with E-state index >= 15 is 0 Å². The maximum Gasteiger partial charge on any atom is 0.140 e. The number of aromatic nitrogens is 2. The molecule has 1 aliphatic heterocycles. The highest BCUT2D eigenvalue weighted by Crippen LogP contribution is 2.29. The average molecular weight is 248 g/mol. The molecule has 1 fully saturated rings. The van der Waals surface area contributed by atoms with E-state index < -0.39 is 0 Å². The Kier molecular flexibility index (Phi) is 2.85. The van der Waals surface area contributed by atoms with Crippen LogP contribution in [0.1, 0.15) is 12.8 Å². The van der Waals surface area contributed by atoms with E-state index in [-0.39, 0.29) is 0 Å². The Morgan fingerprint density at radius 3 is 3.06 bits per heavy atom. The van der Waals surface area contributed by atoms with E-state index in [0.29, 0.717) is 11.9 Å². The first-order valence-electron chi connectivity index (χ1n) is 5.92. The zero-order chi connectivity index (χ0) is 11.7. The van der Waals surface area contributed by atoms with Crippen LogP contribution in [0, 0.1) is 0 Å². The molecule has 0 spiro atoms. The molecule has 4 heteroatoms. The summed E-state index contributed by atoms with van der Waals surface area (Å²) in [4.78, 5) is 11.1. The van der Waals surface area contributed by atoms with Crippen LogP contribution in [-0.4, -0.2) is 28.4 Å². The Morgan fingerprint density at radius 1 is 1.29 bits per heavy atom. The highest BCUT2D eigenvalue weighted by Gasteiger charge is 2.25. The lowest BCUT2D eigenvalue weighted by Gasteiger charge is -2.24. The number of para-hydroxylation sites is 1. The van der Waals surface area contributed by atoms with E-state index in [1.807, 2.05) is 18.2 Å². The summed E-state index contributed by atoms with van der Waals surface area (Å²) in [5, 5.41) is 1.12. The maximum absolute atomic E-state index is 6.02. The largest absolute Gasteiger partial charge is 0.352 e. The van der Waals surface area contributed by atoms with Crippen molar-refractivity contribution in [2.45, 2.75) is 18.9 Å². The summed E-state index contributed by atoms with van der Waals surface area (Å²) in [5.74, 6) is 1.69. The standard InChI is InChI=1S/C13H14ClN3/c14-8-10-4-3-7-17(10)13-11-5-1-2-6-12(11)15-9-16-13/h1-2,5-6,9-10H,3-4,7-8H2. The summed E-state index contributed by atoms with van der Waals surface area (Å²) in [6.45, 7) is 1.04. The molecule has 1 atom stereocenters. The first-order chi connectivity index (χ1) is 8.40. The van der Waals surface area contributed by atoms with Gasteiger partial charge in [0.05, 0.1) is 5.52 Å². The van der Waals surface area contributed by atoms with Crippen molar-refractivity contribution in [3.8, 4) is 0 Å². The summed E-state index contributed by atoms with van der Waals surface area (Å²) in [6, 6.07) is 8.54. The number of halogens is 1. The first-order valence-corrected chi connectivity index (χ1v) is 6.46. The van der Waals surface area contributed by atoms with E-state index in [9.17, 15) is 0 Å². The van der Waals surface area contributed by atoms with Gasteiger partial charge in [-0.1, -0.05) is 12.1 Å². The number of benzene rings is 1. The Morgan fingerprint density at radius 2 is 2.18 bits per heavy atom. The van der Waals surface area contributed by atoms with E-state index in [1.165, 1.54) is 6.42 Å². The fourth-order valence-corrected chi connectivity index (χ4v) is 2.82. The molecule has 1 unspecified atom stereocenters. The third kappa shape index (κ3) is 1.84. The molecule has 1 aromatic heterocycles. The highest BCUT2D eigenvalue weighted by molar-refractivity contribution is 6.18. The molecule has 2 heterocycles. The van der Waals surface area contributed by atoms with Crippen molar-refractivity contribution in [3.63, 3.8) is 0 Å². The molecular formula is C13H14ClN3. The van der Waals surface area contributed by atoms with Crippen LogP contribution in [0.4, 0.5) is 5.82 Å². The molecule has 1 aliphatic rings. The topological polar surface area (TPSA) is 29.0 Å². The molecule has 2 aromatic rings. The van der Waals surface area contributed by atoms with Gasteiger partial charge < -0.3 is 4.90 Å². The predicted octanol–water partition coefficient (Wildman–Crippen LogP) is 2.84. The molecule has 0 bridgehead atoms. The summed E-state index contributed by atoms with van der Waals surface area (Å²) < 4.78 is 0. The minimum Gasteiger partial charge on any atom is -0.352 e. The van der Waals surface area contributed by atoms with Crippen LogP contribution in [0.15, 0.2) is 30.6 Å². The van der Waals surface area contributed by atoms with Crippen molar-refractivity contribution < 1.29 is 0 Å². The van der Waals surface area contributed by atoms with Crippen LogP contribution in [0.5, 0.6) is 0 Å². The van der Waals surface area contributed by atoms with Crippen molar-refractivity contribution in [2.24, 2.45) is 0 Å². The van der Waals surface area contributed by atoms with Gasteiger partial charge in [0, 0.05) is 23.9 Å². The fourth-order valence-electron chi connectivity index (χ4n) is 2.49. The fraction of sp³-hybridized carbons (Fsp3) is 0.385. The SMILES string of the molecule is ClCC1CCCN1c1ncnc2ccccc12. The third-order valence-electron chi connectivity index (χ3n) is 3.35. The number of anilines is 1. The molecule has 0 radical (unpaired) electrons. The Labute approximate surface area is 105 Å². The first kappa shape index (κ1) is 10.8. The third-order valence-corrected chi connectivity index (χ3v) is 3.71. The second kappa shape index (κ2) is 4.49. The Bertz CT molecular complexity index is 524. The van der Waals surface area contributed by atoms with E-state index in [2.05, 4.69) is 20.9 Å². The maximum atomic E-state index is 6.02. The molecular weight excluding hydrogens is 234 g/mol. The lowest BCUT2D eigenvalue weighted by molar-refractivity contribution is 0.735. The Balaban J connectivity index is 2.10. The van der Waals surface area contributed by atoms with Crippen molar-refractivity contribution >= 4 is 28.3 Å². The van der Waals surface area contributed by atoms with Crippen molar-refractivity contribution in [3.05, 3.63) is 30.6 Å². The molecule has 0 aliphatic carbocycles. The summed E-state index contributed by atoms with van der Waals surface area (Å²) >= 11 is 6.02. The lowest BCUT2D eigenvalue weighted by atomic mass is 10.2. The van der Waals surface area contributed by atoms with Gasteiger partial charge in [0.15, 0.2) is 0 Å². The molecule has 0 saturated carbocycles. The van der Waals surface area contributed by atoms with Gasteiger partial charge in [-0.3, -0.25) is 0 Å². The summed E-state index contributed by atoms with van der Waals surface area (Å²) in [5.41, 5.74) is 0.998. The zero-order valence-electron chi connectivity index (χ0n) is 9.51. The van der Waals surface area contributed by atoms with Gasteiger partial charge in [0.1, 0.15) is 12.1 Å². The number of fused-ring (bicyclic) bond motifs is 1. The van der Waals surface area contributed by atoms with Gasteiger partial charge in [0.25, 0.3) is 0 Å². The van der Waals surface area contributed by atoms with Crippen molar-refractivity contribution in [2.75, 3.05) is 17.3 Å². The number of hydrogen-bond donors (Lipinski definition) is 0. The van der Waals surface area contributed by atoms with Crippen LogP contribution >= 0.6 is 11.6 Å². The number of nitrogens with zero attached hydrogens (tertiary/aromatic N) is 3. The minimum absolute atomic E-state index is 0.412. The molecule has 1 aromatic carbocycles. The number of hydrogen-bond acceptors (Lipinski definition) is 3. The molecule has 3 rings (SSSR count). The van der Waals surface area contributed by atoms with Gasteiger partial charge >= 0.3 is 0 Å². The molecule has 0 amide bonds. The average Bonchev–Trinajstić information content (AvgIpc) is 2.86. The Hall–Kier alpha value is -1.35. The van der Waals surface area contributed by atoms with Crippen LogP contribution in [0.25, 0.3) is 10.9 Å². The quantitative estimate of drug-likeness (QED) is 0.765. The monoisotopic (exact) mass is 247 g/mol. The van der Waals surface area contributed by atoms with Crippen LogP contribution in [-0.2, 0) is 0 Å². The van der Waals surface area contributed by atoms with Gasteiger partial charge in [0.2, 0.25) is 0 Å². The van der Waals surface area contributed by atoms with Gasteiger partial charge in [-0.25, -0.2) is 9.97 Å². The smallest absolute Gasteiger partial charge is 0.140 e. The van der Waals surface area contributed by atoms with Gasteiger partial charge in [-0.2, -0.15) is 0 Å². The van der Waals surface area contributed by atoms with Crippen LogP contribution in [0.2, 0.25) is 0 Å². The second-order valence-corrected chi connectivity index (χ2v) is 4.67. The van der Waals surface area contributed by atoms with E-state index in [1.54, 1.807) is 6.33 Å².